The molecule has 0 aliphatic heterocycles. The molecule has 5 heteroatoms. The van der Waals surface area contributed by atoms with Gasteiger partial charge in [-0.3, -0.25) is 0 Å². The molecule has 0 unspecified atom stereocenters. The van der Waals surface area contributed by atoms with Crippen molar-refractivity contribution in [2.24, 2.45) is 0 Å². The summed E-state index contributed by atoms with van der Waals surface area (Å²) in [6, 6.07) is 10.1. The number of benzene rings is 2. The molecule has 3 N–H and O–H groups in total. The van der Waals surface area contributed by atoms with Crippen molar-refractivity contribution >= 4 is 27.0 Å². The van der Waals surface area contributed by atoms with Crippen molar-refractivity contribution in [2.75, 3.05) is 0 Å². The zero-order chi connectivity index (χ0) is 12.7. The number of phenolic OH excluding ortho intramolecular Hbond substituents is 2. The van der Waals surface area contributed by atoms with Gasteiger partial charge in [0.2, 0.25) is 0 Å². The summed E-state index contributed by atoms with van der Waals surface area (Å²) in [6.07, 6.45) is 0. The maximum absolute atomic E-state index is 9.80. The molecule has 0 fully saturated rings. The van der Waals surface area contributed by atoms with Crippen LogP contribution in [0.2, 0.25) is 0 Å². The van der Waals surface area contributed by atoms with Gasteiger partial charge in [-0.25, -0.2) is 4.98 Å². The fourth-order valence-electron chi connectivity index (χ4n) is 1.83. The highest BCUT2D eigenvalue weighted by Gasteiger charge is 2.10. The Kier molecular flexibility index (Phi) is 2.48. The highest BCUT2D eigenvalue weighted by molar-refractivity contribution is 9.10. The Morgan fingerprint density at radius 2 is 1.89 bits per heavy atom. The first kappa shape index (κ1) is 11.1. The van der Waals surface area contributed by atoms with Crippen LogP contribution in [-0.2, 0) is 0 Å². The van der Waals surface area contributed by atoms with Crippen LogP contribution in [-0.4, -0.2) is 20.2 Å². The quantitative estimate of drug-likeness (QED) is 0.645. The van der Waals surface area contributed by atoms with E-state index in [-0.39, 0.29) is 11.5 Å². The van der Waals surface area contributed by atoms with E-state index in [2.05, 4.69) is 25.9 Å². The lowest BCUT2D eigenvalue weighted by Gasteiger charge is -2.00. The van der Waals surface area contributed by atoms with E-state index in [0.29, 0.717) is 11.4 Å². The first-order valence-corrected chi connectivity index (χ1v) is 6.10. The molecule has 1 heterocycles. The number of nitrogens with zero attached hydrogens (tertiary/aromatic N) is 1. The first-order valence-electron chi connectivity index (χ1n) is 5.31. The highest BCUT2D eigenvalue weighted by atomic mass is 79.9. The Hall–Kier alpha value is -2.01. The van der Waals surface area contributed by atoms with Crippen molar-refractivity contribution in [3.63, 3.8) is 0 Å². The molecule has 0 amide bonds. The number of H-pyrrole nitrogens is 1. The molecule has 0 saturated heterocycles. The molecule has 3 aromatic rings. The number of imidazole rings is 1. The molecule has 0 aliphatic rings. The third kappa shape index (κ3) is 1.82. The molecular weight excluding hydrogens is 296 g/mol. The molecular formula is C13H9BrN2O2. The molecule has 3 rings (SSSR count). The monoisotopic (exact) mass is 304 g/mol. The maximum atomic E-state index is 9.80. The van der Waals surface area contributed by atoms with Gasteiger partial charge in [0.05, 0.1) is 16.6 Å². The van der Waals surface area contributed by atoms with Gasteiger partial charge in [-0.1, -0.05) is 15.9 Å². The average Bonchev–Trinajstić information content (AvgIpc) is 2.71. The van der Waals surface area contributed by atoms with Gasteiger partial charge < -0.3 is 15.2 Å². The van der Waals surface area contributed by atoms with Gasteiger partial charge in [0.25, 0.3) is 0 Å². The largest absolute Gasteiger partial charge is 0.508 e. The standard InChI is InChI=1S/C13H9BrN2O2/c14-7-1-4-10-11(5-7)16-13(15-10)9-3-2-8(17)6-12(9)18/h1-6,17-18H,(H,15,16). The zero-order valence-corrected chi connectivity index (χ0v) is 10.8. The molecule has 4 nitrogen and oxygen atoms in total. The van der Waals surface area contributed by atoms with E-state index in [1.807, 2.05) is 18.2 Å². The predicted molar refractivity (Wildman–Crippen MR) is 72.6 cm³/mol. The molecule has 0 radical (unpaired) electrons. The van der Waals surface area contributed by atoms with Gasteiger partial charge in [-0.2, -0.15) is 0 Å². The summed E-state index contributed by atoms with van der Waals surface area (Å²) in [5.74, 6) is 0.587. The van der Waals surface area contributed by atoms with E-state index in [4.69, 9.17) is 0 Å². The Morgan fingerprint density at radius 1 is 1.06 bits per heavy atom. The summed E-state index contributed by atoms with van der Waals surface area (Å²) in [4.78, 5) is 7.53. The second-order valence-corrected chi connectivity index (χ2v) is 4.86. The number of halogens is 1. The van der Waals surface area contributed by atoms with Crippen LogP contribution in [0, 0.1) is 0 Å². The number of aromatic hydroxyl groups is 2. The van der Waals surface area contributed by atoms with E-state index >= 15 is 0 Å². The van der Waals surface area contributed by atoms with Crippen LogP contribution in [0.4, 0.5) is 0 Å². The minimum Gasteiger partial charge on any atom is -0.508 e. The Morgan fingerprint density at radius 3 is 2.67 bits per heavy atom. The van der Waals surface area contributed by atoms with Crippen molar-refractivity contribution in [1.29, 1.82) is 0 Å². The molecule has 0 saturated carbocycles. The average molecular weight is 305 g/mol. The van der Waals surface area contributed by atoms with E-state index < -0.39 is 0 Å². The second kappa shape index (κ2) is 4.03. The lowest BCUT2D eigenvalue weighted by Crippen LogP contribution is -1.81. The molecule has 0 aliphatic carbocycles. The van der Waals surface area contributed by atoms with E-state index in [1.165, 1.54) is 12.1 Å². The van der Waals surface area contributed by atoms with Crippen LogP contribution in [0.25, 0.3) is 22.4 Å². The summed E-state index contributed by atoms with van der Waals surface area (Å²) in [5.41, 5.74) is 2.26. The SMILES string of the molecule is Oc1ccc(-c2nc3ccc(Br)cc3[nH]2)c(O)c1. The number of rotatable bonds is 1. The van der Waals surface area contributed by atoms with Crippen LogP contribution in [0.3, 0.4) is 0 Å². The molecule has 18 heavy (non-hydrogen) atoms. The number of hydrogen-bond donors (Lipinski definition) is 3. The lowest BCUT2D eigenvalue weighted by molar-refractivity contribution is 0.451. The molecule has 1 aromatic heterocycles. The first-order chi connectivity index (χ1) is 8.63. The van der Waals surface area contributed by atoms with Crippen LogP contribution in [0.5, 0.6) is 11.5 Å². The third-order valence-corrected chi connectivity index (χ3v) is 3.17. The summed E-state index contributed by atoms with van der Waals surface area (Å²) in [6.45, 7) is 0. The molecule has 90 valence electrons. The predicted octanol–water partition coefficient (Wildman–Crippen LogP) is 3.40. The number of phenols is 2. The van der Waals surface area contributed by atoms with E-state index in [9.17, 15) is 10.2 Å². The molecule has 0 atom stereocenters. The topological polar surface area (TPSA) is 69.1 Å². The second-order valence-electron chi connectivity index (χ2n) is 3.95. The zero-order valence-electron chi connectivity index (χ0n) is 9.18. The van der Waals surface area contributed by atoms with Crippen LogP contribution in [0.15, 0.2) is 40.9 Å². The van der Waals surface area contributed by atoms with Crippen molar-refractivity contribution < 1.29 is 10.2 Å². The number of nitrogens with one attached hydrogen (secondary N) is 1. The van der Waals surface area contributed by atoms with Crippen molar-refractivity contribution in [3.8, 4) is 22.9 Å². The highest BCUT2D eigenvalue weighted by Crippen LogP contribution is 2.31. The Balaban J connectivity index is 2.19. The fraction of sp³-hybridized carbons (Fsp3) is 0. The summed E-state index contributed by atoms with van der Waals surface area (Å²) < 4.78 is 0.958. The van der Waals surface area contributed by atoms with E-state index in [0.717, 1.165) is 15.5 Å². The number of hydrogen-bond acceptors (Lipinski definition) is 3. The van der Waals surface area contributed by atoms with Crippen molar-refractivity contribution in [2.45, 2.75) is 0 Å². The van der Waals surface area contributed by atoms with Gasteiger partial charge in [-0.15, -0.1) is 0 Å². The summed E-state index contributed by atoms with van der Waals surface area (Å²) >= 11 is 3.39. The van der Waals surface area contributed by atoms with Gasteiger partial charge in [0.15, 0.2) is 0 Å². The van der Waals surface area contributed by atoms with Crippen molar-refractivity contribution in [1.82, 2.24) is 9.97 Å². The van der Waals surface area contributed by atoms with Crippen LogP contribution in [0.1, 0.15) is 0 Å². The Labute approximate surface area is 111 Å². The summed E-state index contributed by atoms with van der Waals surface area (Å²) in [5, 5.41) is 19.1. The van der Waals surface area contributed by atoms with Gasteiger partial charge in [0, 0.05) is 10.5 Å². The molecule has 0 spiro atoms. The van der Waals surface area contributed by atoms with Crippen LogP contribution < -0.4 is 0 Å². The summed E-state index contributed by atoms with van der Waals surface area (Å²) in [7, 11) is 0. The minimum absolute atomic E-state index is 0.00637. The number of fused-ring (bicyclic) bond motifs is 1. The number of aromatic nitrogens is 2. The van der Waals surface area contributed by atoms with E-state index in [1.54, 1.807) is 6.07 Å². The Bertz CT molecular complexity index is 737. The smallest absolute Gasteiger partial charge is 0.142 e. The molecule has 2 aromatic carbocycles. The fourth-order valence-corrected chi connectivity index (χ4v) is 2.19. The lowest BCUT2D eigenvalue weighted by atomic mass is 10.2. The van der Waals surface area contributed by atoms with Gasteiger partial charge in [0.1, 0.15) is 17.3 Å². The molecule has 0 bridgehead atoms. The normalized spacial score (nSPS) is 10.9. The van der Waals surface area contributed by atoms with Gasteiger partial charge in [-0.05, 0) is 30.3 Å². The maximum Gasteiger partial charge on any atom is 0.142 e. The van der Waals surface area contributed by atoms with Crippen molar-refractivity contribution in [3.05, 3.63) is 40.9 Å². The van der Waals surface area contributed by atoms with Crippen LogP contribution >= 0.6 is 15.9 Å². The van der Waals surface area contributed by atoms with Gasteiger partial charge >= 0.3 is 0 Å². The third-order valence-electron chi connectivity index (χ3n) is 2.68. The minimum atomic E-state index is -0.00637. The number of aromatic amines is 1.